The normalized spacial score (nSPS) is 22.5. The number of esters is 2. The molecule has 0 radical (unpaired) electrons. The number of likely N-dealkylation sites (tertiary alicyclic amines) is 1. The number of hydrogen-bond acceptors (Lipinski definition) is 6. The Morgan fingerprint density at radius 2 is 1.72 bits per heavy atom. The Labute approximate surface area is 149 Å². The third kappa shape index (κ3) is 5.99. The van der Waals surface area contributed by atoms with E-state index in [4.69, 9.17) is 9.47 Å². The zero-order chi connectivity index (χ0) is 19.6. The molecule has 1 N–H and O–H groups in total. The van der Waals surface area contributed by atoms with Crippen LogP contribution in [0.1, 0.15) is 54.4 Å². The van der Waals surface area contributed by atoms with Crippen molar-refractivity contribution < 1.29 is 29.0 Å². The molecular formula is C18H31NO6. The number of β-amino-alcohol motifs (C(OH)–C–C–N with tert-alkyl or cyclic N) is 1. The van der Waals surface area contributed by atoms with Gasteiger partial charge in [-0.2, -0.15) is 0 Å². The van der Waals surface area contributed by atoms with E-state index in [1.165, 1.54) is 12.0 Å². The van der Waals surface area contributed by atoms with Crippen LogP contribution >= 0.6 is 0 Å². The van der Waals surface area contributed by atoms with Crippen LogP contribution in [0.2, 0.25) is 0 Å². The first-order valence-electron chi connectivity index (χ1n) is 8.54. The van der Waals surface area contributed by atoms with Crippen LogP contribution in [-0.2, 0) is 23.9 Å². The highest BCUT2D eigenvalue weighted by Gasteiger charge is 2.45. The number of carbonyl (C=O) groups is 3. The van der Waals surface area contributed by atoms with E-state index in [2.05, 4.69) is 0 Å². The van der Waals surface area contributed by atoms with Crippen molar-refractivity contribution in [1.82, 2.24) is 4.90 Å². The van der Waals surface area contributed by atoms with Gasteiger partial charge in [-0.05, 0) is 26.2 Å². The molecule has 0 spiro atoms. The van der Waals surface area contributed by atoms with E-state index in [1.54, 1.807) is 20.8 Å². The molecule has 0 aromatic rings. The lowest BCUT2D eigenvalue weighted by molar-refractivity contribution is -0.162. The number of aliphatic hydroxyl groups is 1. The highest BCUT2D eigenvalue weighted by Crippen LogP contribution is 2.34. The molecule has 1 unspecified atom stereocenters. The third-order valence-electron chi connectivity index (χ3n) is 4.17. The first-order chi connectivity index (χ1) is 11.3. The molecule has 0 aromatic heterocycles. The van der Waals surface area contributed by atoms with E-state index < -0.39 is 41.0 Å². The maximum Gasteiger partial charge on any atom is 0.328 e. The molecule has 1 aliphatic rings. The number of carbonyl (C=O) groups excluding carboxylic acids is 3. The summed E-state index contributed by atoms with van der Waals surface area (Å²) < 4.78 is 10.1. The molecule has 25 heavy (non-hydrogen) atoms. The molecule has 0 bridgehead atoms. The van der Waals surface area contributed by atoms with E-state index in [-0.39, 0.29) is 25.3 Å². The van der Waals surface area contributed by atoms with E-state index in [1.807, 2.05) is 20.8 Å². The first kappa shape index (κ1) is 21.4. The second kappa shape index (κ2) is 7.72. The third-order valence-corrected chi connectivity index (χ3v) is 4.17. The number of ether oxygens (including phenoxy) is 2. The zero-order valence-corrected chi connectivity index (χ0v) is 16.3. The summed E-state index contributed by atoms with van der Waals surface area (Å²) in [5.41, 5.74) is -1.15. The SMILES string of the molecule is COC(=O)[C@@H]1CC(O)CN1C(=O)[C@@H](CC(=O)OC(C)(C)C)C(C)(C)C. The quantitative estimate of drug-likeness (QED) is 0.767. The molecule has 3 atom stereocenters. The van der Waals surface area contributed by atoms with Gasteiger partial charge in [0.2, 0.25) is 5.91 Å². The number of hydrogen-bond donors (Lipinski definition) is 1. The fraction of sp³-hybridized carbons (Fsp3) is 0.833. The molecule has 1 aliphatic heterocycles. The highest BCUT2D eigenvalue weighted by molar-refractivity contribution is 5.89. The van der Waals surface area contributed by atoms with E-state index >= 15 is 0 Å². The topological polar surface area (TPSA) is 93.1 Å². The summed E-state index contributed by atoms with van der Waals surface area (Å²) in [7, 11) is 1.25. The molecule has 0 saturated carbocycles. The Morgan fingerprint density at radius 1 is 1.16 bits per heavy atom. The zero-order valence-electron chi connectivity index (χ0n) is 16.3. The van der Waals surface area contributed by atoms with Crippen LogP contribution < -0.4 is 0 Å². The molecule has 0 aromatic carbocycles. The van der Waals surface area contributed by atoms with E-state index in [0.29, 0.717) is 0 Å². The summed E-state index contributed by atoms with van der Waals surface area (Å²) in [5, 5.41) is 9.89. The van der Waals surface area contributed by atoms with Gasteiger partial charge in [-0.15, -0.1) is 0 Å². The Kier molecular flexibility index (Phi) is 6.61. The average molecular weight is 357 g/mol. The Bertz CT molecular complexity index is 517. The molecule has 0 aliphatic carbocycles. The molecule has 1 amide bonds. The van der Waals surface area contributed by atoms with Crippen LogP contribution in [0.5, 0.6) is 0 Å². The minimum absolute atomic E-state index is 0.0551. The predicted octanol–water partition coefficient (Wildman–Crippen LogP) is 1.52. The maximum absolute atomic E-state index is 13.1. The lowest BCUT2D eigenvalue weighted by Gasteiger charge is -2.34. The van der Waals surface area contributed by atoms with Crippen LogP contribution in [0.4, 0.5) is 0 Å². The summed E-state index contributed by atoms with van der Waals surface area (Å²) >= 11 is 0. The van der Waals surface area contributed by atoms with Crippen molar-refractivity contribution in [2.45, 2.75) is 72.1 Å². The first-order valence-corrected chi connectivity index (χ1v) is 8.54. The Hall–Kier alpha value is -1.63. The predicted molar refractivity (Wildman–Crippen MR) is 91.5 cm³/mol. The minimum atomic E-state index is -0.823. The molecule has 1 fully saturated rings. The summed E-state index contributed by atoms with van der Waals surface area (Å²) in [5.74, 6) is -2.03. The molecule has 1 rings (SSSR count). The van der Waals surface area contributed by atoms with Crippen LogP contribution in [-0.4, -0.2) is 59.3 Å². The van der Waals surface area contributed by atoms with Gasteiger partial charge in [-0.3, -0.25) is 9.59 Å². The summed E-state index contributed by atoms with van der Waals surface area (Å²) in [6.07, 6.45) is -0.725. The van der Waals surface area contributed by atoms with Gasteiger partial charge < -0.3 is 19.5 Å². The van der Waals surface area contributed by atoms with Crippen molar-refractivity contribution >= 4 is 17.8 Å². The summed E-state index contributed by atoms with van der Waals surface area (Å²) in [6, 6.07) is -0.823. The van der Waals surface area contributed by atoms with E-state index in [0.717, 1.165) is 0 Å². The van der Waals surface area contributed by atoms with Gasteiger partial charge in [-0.1, -0.05) is 20.8 Å². The van der Waals surface area contributed by atoms with Gasteiger partial charge in [0.1, 0.15) is 11.6 Å². The summed E-state index contributed by atoms with van der Waals surface area (Å²) in [4.78, 5) is 38.6. The number of aliphatic hydroxyl groups excluding tert-OH is 1. The van der Waals surface area contributed by atoms with Gasteiger partial charge in [-0.25, -0.2) is 4.79 Å². The number of rotatable bonds is 4. The highest BCUT2D eigenvalue weighted by atomic mass is 16.6. The van der Waals surface area contributed by atoms with Crippen LogP contribution in [0.25, 0.3) is 0 Å². The van der Waals surface area contributed by atoms with Crippen molar-refractivity contribution in [3.63, 3.8) is 0 Å². The lowest BCUT2D eigenvalue weighted by atomic mass is 9.77. The second-order valence-electron chi connectivity index (χ2n) is 8.63. The standard InChI is InChI=1S/C18H31NO6/c1-17(2,3)12(9-14(21)25-18(4,5)6)15(22)19-10-11(20)8-13(19)16(23)24-7/h11-13,20H,8-10H2,1-7H3/t11?,12-,13+/m1/s1. The summed E-state index contributed by atoms with van der Waals surface area (Å²) in [6.45, 7) is 10.9. The average Bonchev–Trinajstić information content (AvgIpc) is 2.82. The van der Waals surface area contributed by atoms with E-state index in [9.17, 15) is 19.5 Å². The Balaban J connectivity index is 3.01. The Morgan fingerprint density at radius 3 is 2.16 bits per heavy atom. The van der Waals surface area contributed by atoms with Gasteiger partial charge in [0.05, 0.1) is 25.6 Å². The van der Waals surface area contributed by atoms with Gasteiger partial charge >= 0.3 is 11.9 Å². The van der Waals surface area contributed by atoms with Crippen molar-refractivity contribution in [3.8, 4) is 0 Å². The van der Waals surface area contributed by atoms with Crippen molar-refractivity contribution in [3.05, 3.63) is 0 Å². The fourth-order valence-corrected chi connectivity index (χ4v) is 2.93. The largest absolute Gasteiger partial charge is 0.467 e. The van der Waals surface area contributed by atoms with Crippen LogP contribution in [0.15, 0.2) is 0 Å². The van der Waals surface area contributed by atoms with Crippen molar-refractivity contribution in [2.24, 2.45) is 11.3 Å². The number of amides is 1. The van der Waals surface area contributed by atoms with Crippen LogP contribution in [0, 0.1) is 11.3 Å². The number of nitrogens with zero attached hydrogens (tertiary/aromatic N) is 1. The minimum Gasteiger partial charge on any atom is -0.467 e. The van der Waals surface area contributed by atoms with Crippen LogP contribution in [0.3, 0.4) is 0 Å². The lowest BCUT2D eigenvalue weighted by Crippen LogP contribution is -2.48. The van der Waals surface area contributed by atoms with Crippen molar-refractivity contribution in [2.75, 3.05) is 13.7 Å². The molecule has 7 heteroatoms. The maximum atomic E-state index is 13.1. The van der Waals surface area contributed by atoms with Gasteiger partial charge in [0, 0.05) is 13.0 Å². The van der Waals surface area contributed by atoms with Gasteiger partial charge in [0.15, 0.2) is 0 Å². The molecule has 1 saturated heterocycles. The fourth-order valence-electron chi connectivity index (χ4n) is 2.93. The van der Waals surface area contributed by atoms with Gasteiger partial charge in [0.25, 0.3) is 0 Å². The molecular weight excluding hydrogens is 326 g/mol. The second-order valence-corrected chi connectivity index (χ2v) is 8.63. The smallest absolute Gasteiger partial charge is 0.328 e. The molecule has 144 valence electrons. The molecule has 1 heterocycles. The number of methoxy groups -OCH3 is 1. The van der Waals surface area contributed by atoms with Crippen molar-refractivity contribution in [1.29, 1.82) is 0 Å². The molecule has 7 nitrogen and oxygen atoms in total. The monoisotopic (exact) mass is 357 g/mol.